The second kappa shape index (κ2) is 5.93. The molecule has 9 heteroatoms. The quantitative estimate of drug-likeness (QED) is 0.884. The van der Waals surface area contributed by atoms with Gasteiger partial charge in [0, 0.05) is 18.3 Å². The molecule has 1 aromatic carbocycles. The van der Waals surface area contributed by atoms with E-state index in [9.17, 15) is 13.6 Å². The first kappa shape index (κ1) is 14.8. The van der Waals surface area contributed by atoms with Crippen molar-refractivity contribution in [3.63, 3.8) is 0 Å². The van der Waals surface area contributed by atoms with Crippen LogP contribution in [0.5, 0.6) is 11.5 Å². The summed E-state index contributed by atoms with van der Waals surface area (Å²) < 4.78 is 44.9. The van der Waals surface area contributed by atoms with Gasteiger partial charge in [-0.1, -0.05) is 0 Å². The van der Waals surface area contributed by atoms with E-state index in [0.717, 1.165) is 0 Å². The highest BCUT2D eigenvalue weighted by Crippen LogP contribution is 2.42. The van der Waals surface area contributed by atoms with Gasteiger partial charge in [-0.3, -0.25) is 0 Å². The molecule has 2 aliphatic rings. The Morgan fingerprint density at radius 2 is 2.09 bits per heavy atom. The lowest BCUT2D eigenvalue weighted by atomic mass is 10.3. The average Bonchev–Trinajstić information content (AvgIpc) is 2.79. The number of benzene rings is 1. The Hall–Kier alpha value is -2.13. The van der Waals surface area contributed by atoms with Crippen molar-refractivity contribution in [2.24, 2.45) is 0 Å². The van der Waals surface area contributed by atoms with Crippen LogP contribution in [0.1, 0.15) is 0 Å². The molecule has 0 aromatic heterocycles. The van der Waals surface area contributed by atoms with Gasteiger partial charge in [-0.2, -0.15) is 0 Å². The third-order valence-electron chi connectivity index (χ3n) is 3.03. The van der Waals surface area contributed by atoms with Crippen LogP contribution in [0.3, 0.4) is 0 Å². The van der Waals surface area contributed by atoms with Crippen molar-refractivity contribution >= 4 is 11.7 Å². The first-order valence-electron chi connectivity index (χ1n) is 6.66. The van der Waals surface area contributed by atoms with E-state index in [0.29, 0.717) is 25.5 Å². The van der Waals surface area contributed by atoms with Crippen molar-refractivity contribution < 1.29 is 32.5 Å². The van der Waals surface area contributed by atoms with Gasteiger partial charge in [-0.05, 0) is 12.1 Å². The highest BCUT2D eigenvalue weighted by molar-refractivity contribution is 5.89. The molecule has 2 N–H and O–H groups in total. The van der Waals surface area contributed by atoms with Crippen LogP contribution in [0.2, 0.25) is 0 Å². The van der Waals surface area contributed by atoms with Gasteiger partial charge < -0.3 is 29.6 Å². The normalized spacial score (nSPS) is 22.2. The molecule has 0 unspecified atom stereocenters. The van der Waals surface area contributed by atoms with E-state index in [1.165, 1.54) is 18.2 Å². The lowest BCUT2D eigenvalue weighted by molar-refractivity contribution is -0.286. The number of hydrogen-bond acceptors (Lipinski definition) is 5. The van der Waals surface area contributed by atoms with Crippen molar-refractivity contribution in [1.29, 1.82) is 0 Å². The van der Waals surface area contributed by atoms with Crippen LogP contribution < -0.4 is 20.1 Å². The van der Waals surface area contributed by atoms with Gasteiger partial charge in [0.15, 0.2) is 11.5 Å². The third-order valence-corrected chi connectivity index (χ3v) is 3.03. The van der Waals surface area contributed by atoms with Crippen LogP contribution in [-0.2, 0) is 9.47 Å². The number of fused-ring (bicyclic) bond motifs is 1. The smallest absolute Gasteiger partial charge is 0.395 e. The summed E-state index contributed by atoms with van der Waals surface area (Å²) in [5, 5.41) is 5.12. The van der Waals surface area contributed by atoms with Crippen molar-refractivity contribution in [3.8, 4) is 11.5 Å². The number of carbonyl (C=O) groups excluding carboxylic acids is 1. The van der Waals surface area contributed by atoms with E-state index < -0.39 is 12.3 Å². The zero-order chi connectivity index (χ0) is 15.6. The Kier molecular flexibility index (Phi) is 3.99. The van der Waals surface area contributed by atoms with E-state index >= 15 is 0 Å². The summed E-state index contributed by atoms with van der Waals surface area (Å²) in [6.07, 6.45) is -3.88. The van der Waals surface area contributed by atoms with Gasteiger partial charge in [0.25, 0.3) is 0 Å². The fraction of sp³-hybridized carbons (Fsp3) is 0.462. The molecule has 0 saturated carbocycles. The number of urea groups is 1. The summed E-state index contributed by atoms with van der Waals surface area (Å²) in [6, 6.07) is 3.50. The molecule has 1 atom stereocenters. The van der Waals surface area contributed by atoms with Crippen LogP contribution in [-0.4, -0.2) is 44.8 Å². The maximum Gasteiger partial charge on any atom is 0.586 e. The summed E-state index contributed by atoms with van der Waals surface area (Å²) in [5.74, 6) is -0.212. The highest BCUT2D eigenvalue weighted by Gasteiger charge is 2.43. The molecule has 120 valence electrons. The second-order valence-corrected chi connectivity index (χ2v) is 4.73. The number of ether oxygens (including phenoxy) is 4. The standard InChI is InChI=1S/C13H14F2N2O5/c14-13(15)21-10-2-1-8(5-11(10)22-13)17-12(18)16-6-9-7-19-3-4-20-9/h1-2,5,9H,3-4,6-7H2,(H2,16,17,18)/t9-/m1/s1. The molecule has 1 aromatic rings. The van der Waals surface area contributed by atoms with Crippen LogP contribution in [0.15, 0.2) is 18.2 Å². The Labute approximate surface area is 124 Å². The number of carbonyl (C=O) groups is 1. The minimum Gasteiger partial charge on any atom is -0.395 e. The molecule has 2 heterocycles. The summed E-state index contributed by atoms with van der Waals surface area (Å²) in [5.41, 5.74) is 0.304. The summed E-state index contributed by atoms with van der Waals surface area (Å²) in [6.45, 7) is 1.74. The van der Waals surface area contributed by atoms with Gasteiger partial charge >= 0.3 is 12.3 Å². The summed E-state index contributed by atoms with van der Waals surface area (Å²) >= 11 is 0. The Bertz CT molecular complexity index is 563. The third kappa shape index (κ3) is 3.55. The van der Waals surface area contributed by atoms with Gasteiger partial charge in [-0.15, -0.1) is 8.78 Å². The van der Waals surface area contributed by atoms with Crippen LogP contribution in [0, 0.1) is 0 Å². The number of halogens is 2. The van der Waals surface area contributed by atoms with E-state index in [-0.39, 0.29) is 24.1 Å². The molecule has 0 aliphatic carbocycles. The fourth-order valence-electron chi connectivity index (χ4n) is 2.06. The predicted molar refractivity (Wildman–Crippen MR) is 70.2 cm³/mol. The van der Waals surface area contributed by atoms with E-state index in [1.54, 1.807) is 0 Å². The molecule has 2 amide bonds. The molecule has 0 radical (unpaired) electrons. The van der Waals surface area contributed by atoms with E-state index in [4.69, 9.17) is 9.47 Å². The van der Waals surface area contributed by atoms with Gasteiger partial charge in [0.2, 0.25) is 0 Å². The van der Waals surface area contributed by atoms with Crippen molar-refractivity contribution in [2.45, 2.75) is 12.4 Å². The molecule has 1 saturated heterocycles. The Morgan fingerprint density at radius 1 is 1.27 bits per heavy atom. The van der Waals surface area contributed by atoms with E-state index in [1.807, 2.05) is 0 Å². The highest BCUT2D eigenvalue weighted by atomic mass is 19.3. The first-order chi connectivity index (χ1) is 10.5. The molecular weight excluding hydrogens is 302 g/mol. The maximum absolute atomic E-state index is 12.9. The number of rotatable bonds is 3. The Morgan fingerprint density at radius 3 is 2.86 bits per heavy atom. The molecule has 0 bridgehead atoms. The van der Waals surface area contributed by atoms with Crippen molar-refractivity contribution in [3.05, 3.63) is 18.2 Å². The largest absolute Gasteiger partial charge is 0.586 e. The number of nitrogens with one attached hydrogen (secondary N) is 2. The van der Waals surface area contributed by atoms with Crippen LogP contribution >= 0.6 is 0 Å². The average molecular weight is 316 g/mol. The zero-order valence-electron chi connectivity index (χ0n) is 11.4. The number of hydrogen-bond donors (Lipinski definition) is 2. The molecule has 2 aliphatic heterocycles. The van der Waals surface area contributed by atoms with Crippen LogP contribution in [0.25, 0.3) is 0 Å². The molecule has 0 spiro atoms. The number of alkyl halides is 2. The van der Waals surface area contributed by atoms with Crippen LogP contribution in [0.4, 0.5) is 19.3 Å². The minimum absolute atomic E-state index is 0.0799. The molecular formula is C13H14F2N2O5. The van der Waals surface area contributed by atoms with Gasteiger partial charge in [0.05, 0.1) is 25.9 Å². The summed E-state index contributed by atoms with van der Waals surface area (Å²) in [7, 11) is 0. The van der Waals surface area contributed by atoms with Gasteiger partial charge in [0.1, 0.15) is 0 Å². The predicted octanol–water partition coefficient (Wildman–Crippen LogP) is 1.54. The SMILES string of the molecule is O=C(NC[C@@H]1COCCO1)Nc1ccc2c(c1)OC(F)(F)O2. The topological polar surface area (TPSA) is 78.1 Å². The van der Waals surface area contributed by atoms with E-state index in [2.05, 4.69) is 20.1 Å². The Balaban J connectivity index is 1.52. The monoisotopic (exact) mass is 316 g/mol. The summed E-state index contributed by atoms with van der Waals surface area (Å²) in [4.78, 5) is 11.7. The molecule has 3 rings (SSSR count). The second-order valence-electron chi connectivity index (χ2n) is 4.73. The van der Waals surface area contributed by atoms with Crippen molar-refractivity contribution in [1.82, 2.24) is 5.32 Å². The molecule has 22 heavy (non-hydrogen) atoms. The number of anilines is 1. The minimum atomic E-state index is -3.68. The fourth-order valence-corrected chi connectivity index (χ4v) is 2.06. The lowest BCUT2D eigenvalue weighted by Crippen LogP contribution is -2.41. The molecule has 1 fully saturated rings. The molecule has 7 nitrogen and oxygen atoms in total. The zero-order valence-corrected chi connectivity index (χ0v) is 11.4. The lowest BCUT2D eigenvalue weighted by Gasteiger charge is -2.23. The van der Waals surface area contributed by atoms with Crippen molar-refractivity contribution in [2.75, 3.05) is 31.7 Å². The first-order valence-corrected chi connectivity index (χ1v) is 6.66. The maximum atomic E-state index is 12.9. The number of amides is 2. The van der Waals surface area contributed by atoms with Gasteiger partial charge in [-0.25, -0.2) is 4.79 Å².